The number of halogens is 2. The quantitative estimate of drug-likeness (QED) is 0.475. The number of hydrogen-bond donors (Lipinski definition) is 0. The average molecular weight is 327 g/mol. The Labute approximate surface area is 130 Å². The standard InChI is InChI=1S/C14H12ClFN2O4/c15-9-5-10(16)12(6-11(9)18(21)22)17-13(19)7-3-1-2-4-8(7)14(17)20/h5-8H,1-4H2. The minimum Gasteiger partial charge on any atom is -0.274 e. The lowest BCUT2D eigenvalue weighted by Gasteiger charge is -2.19. The van der Waals surface area contributed by atoms with Crippen molar-refractivity contribution in [2.45, 2.75) is 25.7 Å². The van der Waals surface area contributed by atoms with Gasteiger partial charge in [-0.15, -0.1) is 0 Å². The van der Waals surface area contributed by atoms with Crippen LogP contribution in [0.5, 0.6) is 0 Å². The Morgan fingerprint density at radius 3 is 2.23 bits per heavy atom. The smallest absolute Gasteiger partial charge is 0.274 e. The molecule has 2 fully saturated rings. The fraction of sp³-hybridized carbons (Fsp3) is 0.429. The molecule has 0 bridgehead atoms. The molecule has 2 atom stereocenters. The first-order chi connectivity index (χ1) is 10.4. The minimum absolute atomic E-state index is 0.372. The summed E-state index contributed by atoms with van der Waals surface area (Å²) >= 11 is 5.63. The van der Waals surface area contributed by atoms with Gasteiger partial charge in [-0.25, -0.2) is 9.29 Å². The Hall–Kier alpha value is -2.02. The molecule has 6 nitrogen and oxygen atoms in total. The van der Waals surface area contributed by atoms with Gasteiger partial charge in [0.05, 0.1) is 22.4 Å². The highest BCUT2D eigenvalue weighted by atomic mass is 35.5. The number of nitrogens with zero attached hydrogens (tertiary/aromatic N) is 2. The van der Waals surface area contributed by atoms with E-state index in [1.54, 1.807) is 0 Å². The third-order valence-corrected chi connectivity index (χ3v) is 4.60. The van der Waals surface area contributed by atoms with E-state index in [1.807, 2.05) is 0 Å². The van der Waals surface area contributed by atoms with E-state index in [9.17, 15) is 24.1 Å². The van der Waals surface area contributed by atoms with Gasteiger partial charge in [0.15, 0.2) is 0 Å². The molecule has 22 heavy (non-hydrogen) atoms. The van der Waals surface area contributed by atoms with Crippen LogP contribution in [-0.4, -0.2) is 16.7 Å². The van der Waals surface area contributed by atoms with E-state index < -0.39 is 40.1 Å². The molecule has 0 N–H and O–H groups in total. The topological polar surface area (TPSA) is 80.5 Å². The molecule has 3 rings (SSSR count). The van der Waals surface area contributed by atoms with E-state index in [1.165, 1.54) is 0 Å². The Morgan fingerprint density at radius 1 is 1.18 bits per heavy atom. The van der Waals surface area contributed by atoms with Crippen LogP contribution in [0.1, 0.15) is 25.7 Å². The van der Waals surface area contributed by atoms with E-state index in [4.69, 9.17) is 11.6 Å². The second-order valence-corrected chi connectivity index (χ2v) is 5.93. The lowest BCUT2D eigenvalue weighted by molar-refractivity contribution is -0.384. The third kappa shape index (κ3) is 2.16. The van der Waals surface area contributed by atoms with Gasteiger partial charge in [0, 0.05) is 12.1 Å². The molecular weight excluding hydrogens is 315 g/mol. The van der Waals surface area contributed by atoms with Crippen LogP contribution < -0.4 is 4.90 Å². The van der Waals surface area contributed by atoms with Crippen molar-refractivity contribution in [1.29, 1.82) is 0 Å². The molecule has 0 aromatic heterocycles. The predicted molar refractivity (Wildman–Crippen MR) is 76.0 cm³/mol. The number of anilines is 1. The summed E-state index contributed by atoms with van der Waals surface area (Å²) < 4.78 is 14.1. The minimum atomic E-state index is -0.920. The molecule has 1 saturated heterocycles. The molecule has 1 aliphatic heterocycles. The highest BCUT2D eigenvalue weighted by Gasteiger charge is 2.49. The molecule has 8 heteroatoms. The van der Waals surface area contributed by atoms with Gasteiger partial charge >= 0.3 is 0 Å². The number of nitro benzene ring substituents is 1. The van der Waals surface area contributed by atoms with Crippen molar-refractivity contribution < 1.29 is 18.9 Å². The molecule has 0 spiro atoms. The second-order valence-electron chi connectivity index (χ2n) is 5.52. The monoisotopic (exact) mass is 326 g/mol. The van der Waals surface area contributed by atoms with Gasteiger partial charge in [-0.3, -0.25) is 19.7 Å². The lowest BCUT2D eigenvalue weighted by atomic mass is 9.81. The van der Waals surface area contributed by atoms with Gasteiger partial charge in [-0.05, 0) is 12.8 Å². The summed E-state index contributed by atoms with van der Waals surface area (Å²) in [5.41, 5.74) is -0.922. The fourth-order valence-corrected chi connectivity index (χ4v) is 3.46. The number of rotatable bonds is 2. The number of benzene rings is 1. The largest absolute Gasteiger partial charge is 0.290 e. The predicted octanol–water partition coefficient (Wildman–Crippen LogP) is 3.07. The zero-order valence-electron chi connectivity index (χ0n) is 11.4. The first-order valence-corrected chi connectivity index (χ1v) is 7.31. The number of hydrogen-bond acceptors (Lipinski definition) is 4. The van der Waals surface area contributed by atoms with Gasteiger partial charge in [0.2, 0.25) is 11.8 Å². The third-order valence-electron chi connectivity index (χ3n) is 4.30. The summed E-state index contributed by atoms with van der Waals surface area (Å²) in [5.74, 6) is -2.78. The van der Waals surface area contributed by atoms with Gasteiger partial charge in [-0.2, -0.15) is 0 Å². The van der Waals surface area contributed by atoms with Crippen LogP contribution in [-0.2, 0) is 9.59 Å². The molecule has 2 amide bonds. The summed E-state index contributed by atoms with van der Waals surface area (Å²) in [6.45, 7) is 0. The summed E-state index contributed by atoms with van der Waals surface area (Å²) in [5, 5.41) is 10.6. The van der Waals surface area contributed by atoms with Crippen LogP contribution in [0.2, 0.25) is 5.02 Å². The van der Waals surface area contributed by atoms with Gasteiger partial charge in [-0.1, -0.05) is 24.4 Å². The van der Waals surface area contributed by atoms with Gasteiger partial charge in [0.1, 0.15) is 10.8 Å². The van der Waals surface area contributed by atoms with Crippen molar-refractivity contribution in [3.63, 3.8) is 0 Å². The molecule has 1 heterocycles. The Balaban J connectivity index is 2.07. The molecular formula is C14H12ClFN2O4. The van der Waals surface area contributed by atoms with Crippen LogP contribution in [0.4, 0.5) is 15.8 Å². The maximum Gasteiger partial charge on any atom is 0.290 e. The fourth-order valence-electron chi connectivity index (χ4n) is 3.24. The Bertz CT molecular complexity index is 670. The van der Waals surface area contributed by atoms with Gasteiger partial charge in [0.25, 0.3) is 5.69 Å². The van der Waals surface area contributed by atoms with E-state index in [2.05, 4.69) is 0 Å². The number of carbonyl (C=O) groups excluding carboxylic acids is 2. The van der Waals surface area contributed by atoms with Crippen molar-refractivity contribution in [2.24, 2.45) is 11.8 Å². The van der Waals surface area contributed by atoms with E-state index in [-0.39, 0.29) is 10.7 Å². The van der Waals surface area contributed by atoms with Crippen LogP contribution in [0.25, 0.3) is 0 Å². The number of amides is 2. The number of carbonyl (C=O) groups is 2. The molecule has 2 aliphatic rings. The summed E-state index contributed by atoms with van der Waals surface area (Å²) in [6, 6.07) is 1.61. The molecule has 1 aliphatic carbocycles. The summed E-state index contributed by atoms with van der Waals surface area (Å²) in [4.78, 5) is 35.7. The number of fused-ring (bicyclic) bond motifs is 1. The molecule has 1 aromatic carbocycles. The zero-order valence-corrected chi connectivity index (χ0v) is 12.2. The summed E-state index contributed by atoms with van der Waals surface area (Å²) in [6.07, 6.45) is 2.86. The van der Waals surface area contributed by atoms with E-state index >= 15 is 0 Å². The first kappa shape index (κ1) is 14.9. The second kappa shape index (κ2) is 5.31. The van der Waals surface area contributed by atoms with Crippen molar-refractivity contribution in [2.75, 3.05) is 4.90 Å². The molecule has 1 saturated carbocycles. The molecule has 0 radical (unpaired) electrons. The first-order valence-electron chi connectivity index (χ1n) is 6.93. The number of imide groups is 1. The van der Waals surface area contributed by atoms with Crippen LogP contribution >= 0.6 is 11.6 Å². The SMILES string of the molecule is O=C1C2CCCCC2C(=O)N1c1cc([N+](=O)[O-])c(Cl)cc1F. The summed E-state index contributed by atoms with van der Waals surface area (Å²) in [7, 11) is 0. The van der Waals surface area contributed by atoms with Crippen LogP contribution in [0.15, 0.2) is 12.1 Å². The average Bonchev–Trinajstić information content (AvgIpc) is 2.72. The number of nitro groups is 1. The highest BCUT2D eigenvalue weighted by Crippen LogP contribution is 2.42. The molecule has 2 unspecified atom stereocenters. The Kier molecular flexibility index (Phi) is 3.60. The van der Waals surface area contributed by atoms with Crippen molar-refractivity contribution >= 4 is 34.8 Å². The van der Waals surface area contributed by atoms with Crippen molar-refractivity contribution in [3.8, 4) is 0 Å². The van der Waals surface area contributed by atoms with E-state index in [0.29, 0.717) is 12.8 Å². The van der Waals surface area contributed by atoms with Gasteiger partial charge < -0.3 is 0 Å². The highest BCUT2D eigenvalue weighted by molar-refractivity contribution is 6.33. The molecule has 1 aromatic rings. The van der Waals surface area contributed by atoms with Crippen molar-refractivity contribution in [3.05, 3.63) is 33.1 Å². The van der Waals surface area contributed by atoms with Crippen LogP contribution in [0, 0.1) is 27.8 Å². The molecule has 116 valence electrons. The Morgan fingerprint density at radius 2 is 1.73 bits per heavy atom. The normalized spacial score (nSPS) is 24.5. The lowest BCUT2D eigenvalue weighted by Crippen LogP contribution is -2.31. The zero-order chi connectivity index (χ0) is 16.0. The van der Waals surface area contributed by atoms with Crippen LogP contribution in [0.3, 0.4) is 0 Å². The van der Waals surface area contributed by atoms with Crippen molar-refractivity contribution in [1.82, 2.24) is 0 Å². The maximum absolute atomic E-state index is 14.1. The maximum atomic E-state index is 14.1. The van der Waals surface area contributed by atoms with E-state index in [0.717, 1.165) is 29.9 Å².